The second kappa shape index (κ2) is 27.8. The Hall–Kier alpha value is -5.12. The standard InChI is InChI=1S/C59H81N5O4/c1-7-13-16-45(10-4)35-50-19-22-55(62(41-48-25-29-60-30-26-48)44-54-39-57(64(65)66)24-20-51(54)36-46(11-5)17-14-8-2)38-53(50)43-63(42-49-27-31-61-32-28-49)56-23-21-52(37-47(12-6)18-15-9-3)58(40-56)59-67-33-34-68-59/h19-32,38-40,45-47,59H,7-18,33-37,41-44H2,1-6H3. The lowest BCUT2D eigenvalue weighted by molar-refractivity contribution is -0.384. The maximum absolute atomic E-state index is 12.3. The van der Waals surface area contributed by atoms with Crippen LogP contribution in [0.5, 0.6) is 0 Å². The maximum atomic E-state index is 12.3. The van der Waals surface area contributed by atoms with Crippen molar-refractivity contribution in [2.24, 2.45) is 17.8 Å². The number of rotatable bonds is 30. The molecule has 3 aromatic carbocycles. The summed E-state index contributed by atoms with van der Waals surface area (Å²) in [6.45, 7) is 17.5. The number of benzene rings is 3. The molecule has 0 bridgehead atoms. The van der Waals surface area contributed by atoms with Crippen molar-refractivity contribution in [2.75, 3.05) is 23.0 Å². The van der Waals surface area contributed by atoms with Crippen LogP contribution in [0.15, 0.2) is 104 Å². The summed E-state index contributed by atoms with van der Waals surface area (Å²) in [7, 11) is 0. The summed E-state index contributed by atoms with van der Waals surface area (Å²) in [5.41, 5.74) is 12.1. The molecule has 9 heteroatoms. The molecule has 0 N–H and O–H groups in total. The first-order valence-electron chi connectivity index (χ1n) is 26.3. The Kier molecular flexibility index (Phi) is 21.3. The van der Waals surface area contributed by atoms with E-state index in [1.807, 2.05) is 36.9 Å². The van der Waals surface area contributed by atoms with Gasteiger partial charge in [0.2, 0.25) is 0 Å². The van der Waals surface area contributed by atoms with Crippen molar-refractivity contribution in [2.45, 2.75) is 170 Å². The van der Waals surface area contributed by atoms with E-state index in [0.717, 1.165) is 79.4 Å². The number of pyridine rings is 2. The van der Waals surface area contributed by atoms with Crippen LogP contribution in [-0.4, -0.2) is 28.1 Å². The first kappa shape index (κ1) is 52.3. The van der Waals surface area contributed by atoms with E-state index < -0.39 is 0 Å². The molecule has 1 saturated heterocycles. The fraction of sp³-hybridized carbons (Fsp3) is 0.525. The van der Waals surface area contributed by atoms with E-state index in [-0.39, 0.29) is 16.9 Å². The van der Waals surface area contributed by atoms with Crippen LogP contribution < -0.4 is 9.80 Å². The minimum absolute atomic E-state index is 0.139. The molecule has 0 amide bonds. The number of ether oxygens (including phenoxy) is 2. The lowest BCUT2D eigenvalue weighted by atomic mass is 9.88. The predicted molar refractivity (Wildman–Crippen MR) is 280 cm³/mol. The Labute approximate surface area is 409 Å². The minimum Gasteiger partial charge on any atom is -0.363 e. The number of aromatic nitrogens is 2. The number of hydrogen-bond donors (Lipinski definition) is 0. The smallest absolute Gasteiger partial charge is 0.269 e. The largest absolute Gasteiger partial charge is 0.363 e. The Morgan fingerprint density at radius 1 is 0.544 bits per heavy atom. The molecule has 0 spiro atoms. The molecule has 3 unspecified atom stereocenters. The molecule has 1 fully saturated rings. The van der Waals surface area contributed by atoms with Gasteiger partial charge in [-0.2, -0.15) is 0 Å². The summed E-state index contributed by atoms with van der Waals surface area (Å²) in [6, 6.07) is 28.1. The van der Waals surface area contributed by atoms with E-state index in [1.165, 1.54) is 72.8 Å². The number of nitro groups is 1. The summed E-state index contributed by atoms with van der Waals surface area (Å²) < 4.78 is 12.5. The van der Waals surface area contributed by atoms with E-state index in [1.54, 1.807) is 6.07 Å². The average molecular weight is 924 g/mol. The molecule has 5 aromatic rings. The zero-order valence-electron chi connectivity index (χ0n) is 42.3. The lowest BCUT2D eigenvalue weighted by Gasteiger charge is -2.31. The Morgan fingerprint density at radius 2 is 0.971 bits per heavy atom. The minimum atomic E-state index is -0.376. The third-order valence-corrected chi connectivity index (χ3v) is 14.4. The van der Waals surface area contributed by atoms with Gasteiger partial charge in [0.05, 0.1) is 18.1 Å². The number of anilines is 2. The summed E-state index contributed by atoms with van der Waals surface area (Å²) in [4.78, 5) is 25.7. The predicted octanol–water partition coefficient (Wildman–Crippen LogP) is 15.1. The van der Waals surface area contributed by atoms with Gasteiger partial charge in [-0.25, -0.2) is 0 Å². The Bertz CT molecular complexity index is 2250. The molecule has 1 aliphatic heterocycles. The molecule has 2 aromatic heterocycles. The monoisotopic (exact) mass is 924 g/mol. The highest BCUT2D eigenvalue weighted by molar-refractivity contribution is 5.57. The van der Waals surface area contributed by atoms with Gasteiger partial charge in [0.15, 0.2) is 6.29 Å². The van der Waals surface area contributed by atoms with Crippen LogP contribution in [0.4, 0.5) is 17.1 Å². The van der Waals surface area contributed by atoms with E-state index in [4.69, 9.17) is 9.47 Å². The molecule has 6 rings (SSSR count). The van der Waals surface area contributed by atoms with Crippen LogP contribution in [0, 0.1) is 27.9 Å². The van der Waals surface area contributed by atoms with Crippen LogP contribution >= 0.6 is 0 Å². The van der Waals surface area contributed by atoms with E-state index >= 15 is 0 Å². The van der Waals surface area contributed by atoms with Gasteiger partial charge in [0.25, 0.3) is 5.69 Å². The van der Waals surface area contributed by atoms with Crippen LogP contribution in [0.3, 0.4) is 0 Å². The molecular weight excluding hydrogens is 843 g/mol. The molecule has 0 aliphatic carbocycles. The van der Waals surface area contributed by atoms with Crippen molar-refractivity contribution in [1.82, 2.24) is 9.97 Å². The van der Waals surface area contributed by atoms with Gasteiger partial charge in [-0.15, -0.1) is 0 Å². The molecule has 9 nitrogen and oxygen atoms in total. The van der Waals surface area contributed by atoms with Crippen molar-refractivity contribution < 1.29 is 14.4 Å². The van der Waals surface area contributed by atoms with Gasteiger partial charge in [-0.05, 0) is 124 Å². The van der Waals surface area contributed by atoms with Gasteiger partial charge >= 0.3 is 0 Å². The van der Waals surface area contributed by atoms with Crippen LogP contribution in [-0.2, 0) is 54.9 Å². The molecule has 0 saturated carbocycles. The molecule has 68 heavy (non-hydrogen) atoms. The van der Waals surface area contributed by atoms with Crippen LogP contribution in [0.2, 0.25) is 0 Å². The Morgan fingerprint density at radius 3 is 1.43 bits per heavy atom. The highest BCUT2D eigenvalue weighted by Gasteiger charge is 2.26. The number of unbranched alkanes of at least 4 members (excludes halogenated alkanes) is 3. The molecule has 0 radical (unpaired) electrons. The van der Waals surface area contributed by atoms with Crippen LogP contribution in [0.25, 0.3) is 0 Å². The number of nitrogens with zero attached hydrogens (tertiary/aromatic N) is 5. The normalized spacial score (nSPS) is 14.2. The van der Waals surface area contributed by atoms with Crippen molar-refractivity contribution >= 4 is 17.1 Å². The molecular formula is C59H81N5O4. The van der Waals surface area contributed by atoms with Crippen LogP contribution in [0.1, 0.15) is 169 Å². The average Bonchev–Trinajstić information content (AvgIpc) is 3.91. The van der Waals surface area contributed by atoms with Gasteiger partial charge in [-0.1, -0.05) is 137 Å². The summed E-state index contributed by atoms with van der Waals surface area (Å²) in [5, 5.41) is 12.3. The molecule has 1 aliphatic rings. The van der Waals surface area contributed by atoms with E-state index in [2.05, 4.69) is 122 Å². The zero-order chi connectivity index (χ0) is 48.1. The van der Waals surface area contributed by atoms with Gasteiger partial charge in [0, 0.05) is 80.0 Å². The fourth-order valence-corrected chi connectivity index (χ4v) is 10.0. The van der Waals surface area contributed by atoms with Crippen molar-refractivity contribution in [3.8, 4) is 0 Å². The maximum Gasteiger partial charge on any atom is 0.269 e. The van der Waals surface area contributed by atoms with Gasteiger partial charge in [-0.3, -0.25) is 20.1 Å². The third-order valence-electron chi connectivity index (χ3n) is 14.4. The first-order chi connectivity index (χ1) is 33.2. The topological polar surface area (TPSA) is 93.9 Å². The van der Waals surface area contributed by atoms with Gasteiger partial charge in [0.1, 0.15) is 0 Å². The first-order valence-corrected chi connectivity index (χ1v) is 26.3. The summed E-state index contributed by atoms with van der Waals surface area (Å²) in [5.74, 6) is 1.71. The lowest BCUT2D eigenvalue weighted by Crippen LogP contribution is -2.26. The van der Waals surface area contributed by atoms with E-state index in [0.29, 0.717) is 57.1 Å². The summed E-state index contributed by atoms with van der Waals surface area (Å²) in [6.07, 6.45) is 24.2. The van der Waals surface area contributed by atoms with Gasteiger partial charge < -0.3 is 19.3 Å². The van der Waals surface area contributed by atoms with Crippen molar-refractivity contribution in [1.29, 1.82) is 0 Å². The number of nitro benzene ring substituents is 1. The summed E-state index contributed by atoms with van der Waals surface area (Å²) >= 11 is 0. The highest BCUT2D eigenvalue weighted by Crippen LogP contribution is 2.36. The van der Waals surface area contributed by atoms with Crippen molar-refractivity contribution in [3.05, 3.63) is 158 Å². The SMILES string of the molecule is CCCCC(CC)Cc1ccc(N(Cc2ccncc2)Cc2cc([N+](=O)[O-])ccc2CC(CC)CCCC)cc1CN(Cc1ccncc1)c1ccc(CC(CC)CCCC)c(C2OCCO2)c1. The Balaban J connectivity index is 1.47. The quantitative estimate of drug-likeness (QED) is 0.0332. The highest BCUT2D eigenvalue weighted by atomic mass is 16.7. The second-order valence-corrected chi connectivity index (χ2v) is 19.4. The molecule has 3 atom stereocenters. The molecule has 366 valence electrons. The van der Waals surface area contributed by atoms with Crippen molar-refractivity contribution in [3.63, 3.8) is 0 Å². The third kappa shape index (κ3) is 15.4. The molecule has 3 heterocycles. The van der Waals surface area contributed by atoms with E-state index in [9.17, 15) is 10.1 Å². The number of hydrogen-bond acceptors (Lipinski definition) is 8. The fourth-order valence-electron chi connectivity index (χ4n) is 10.0. The number of non-ortho nitro benzene ring substituents is 1. The second-order valence-electron chi connectivity index (χ2n) is 19.4. The zero-order valence-corrected chi connectivity index (χ0v) is 42.3.